The van der Waals surface area contributed by atoms with Gasteiger partial charge in [0.1, 0.15) is 45.8 Å². The molecule has 2 heterocycles. The van der Waals surface area contributed by atoms with Crippen LogP contribution in [-0.4, -0.2) is 32.1 Å². The van der Waals surface area contributed by atoms with Crippen molar-refractivity contribution in [2.24, 2.45) is 0 Å². The van der Waals surface area contributed by atoms with Gasteiger partial charge in [-0.05, 0) is 66.5 Å². The number of phenols is 3. The van der Waals surface area contributed by atoms with Gasteiger partial charge in [-0.15, -0.1) is 0 Å². The fourth-order valence-electron chi connectivity index (χ4n) is 4.55. The van der Waals surface area contributed by atoms with Crippen LogP contribution in [0, 0.1) is 0 Å². The fourth-order valence-corrected chi connectivity index (χ4v) is 4.55. The van der Waals surface area contributed by atoms with Crippen LogP contribution >= 0.6 is 0 Å². The number of allylic oxidation sites excluding steroid dienone is 4. The molecular formula is C30H34O7. The molecule has 0 saturated heterocycles. The van der Waals surface area contributed by atoms with Gasteiger partial charge in [0.15, 0.2) is 0 Å². The molecule has 1 atom stereocenters. The maximum absolute atomic E-state index is 14.0. The lowest BCUT2D eigenvalue weighted by Crippen LogP contribution is -2.39. The summed E-state index contributed by atoms with van der Waals surface area (Å²) in [6.07, 6.45) is 4.07. The third-order valence-electron chi connectivity index (χ3n) is 6.64. The molecule has 0 radical (unpaired) electrons. The number of phenolic OH excluding ortho intramolecular Hbond substituents is 3. The molecule has 0 aliphatic carbocycles. The molecule has 0 bridgehead atoms. The zero-order valence-electron chi connectivity index (χ0n) is 22.1. The van der Waals surface area contributed by atoms with Gasteiger partial charge < -0.3 is 29.6 Å². The first-order valence-corrected chi connectivity index (χ1v) is 12.3. The molecule has 0 unspecified atom stereocenters. The number of hydrogen-bond acceptors (Lipinski definition) is 7. The highest BCUT2D eigenvalue weighted by atomic mass is 16.5. The largest absolute Gasteiger partial charge is 0.508 e. The molecule has 2 aromatic carbocycles. The van der Waals surface area contributed by atoms with E-state index in [2.05, 4.69) is 0 Å². The standard InChI is InChI=1S/C30H34O7/c1-15(2)7-10-19-25(33)24-26(34)21-14-23(30(5,6)35)36-28(21)20(11-8-16(3)4)29(24)37-27(19)18-12-9-17(31)13-22(18)32/h7-9,12-13,23,31-32,34-35H,10-11,14H2,1-6H3/t23-/m1/s1. The average Bonchev–Trinajstić information content (AvgIpc) is 3.24. The van der Waals surface area contributed by atoms with E-state index in [4.69, 9.17) is 9.15 Å². The molecule has 0 amide bonds. The van der Waals surface area contributed by atoms with Crippen LogP contribution in [0.25, 0.3) is 22.3 Å². The van der Waals surface area contributed by atoms with E-state index in [9.17, 15) is 25.2 Å². The minimum absolute atomic E-state index is 0.0510. The van der Waals surface area contributed by atoms with Gasteiger partial charge in [0, 0.05) is 29.2 Å². The van der Waals surface area contributed by atoms with Crippen LogP contribution in [0.5, 0.6) is 23.0 Å². The van der Waals surface area contributed by atoms with E-state index in [0.717, 1.165) is 11.1 Å². The summed E-state index contributed by atoms with van der Waals surface area (Å²) >= 11 is 0. The SMILES string of the molecule is CC(C)=CCc1c(-c2ccc(O)cc2O)oc2c(CC=C(C)C)c3c(c(O)c2c1=O)C[C@H](C(C)(C)O)O3. The van der Waals surface area contributed by atoms with Crippen molar-refractivity contribution < 1.29 is 29.6 Å². The molecular weight excluding hydrogens is 472 g/mol. The van der Waals surface area contributed by atoms with Crippen LogP contribution in [0.2, 0.25) is 0 Å². The molecule has 0 spiro atoms. The molecule has 196 valence electrons. The Balaban J connectivity index is 2.13. The van der Waals surface area contributed by atoms with Crippen molar-refractivity contribution in [2.75, 3.05) is 0 Å². The molecule has 3 aromatic rings. The first-order valence-electron chi connectivity index (χ1n) is 12.3. The number of fused-ring (bicyclic) bond motifs is 2. The molecule has 0 fully saturated rings. The van der Waals surface area contributed by atoms with Crippen LogP contribution in [0.3, 0.4) is 0 Å². The fraction of sp³-hybridized carbons (Fsp3) is 0.367. The summed E-state index contributed by atoms with van der Waals surface area (Å²) < 4.78 is 12.6. The Labute approximate surface area is 216 Å². The Kier molecular flexibility index (Phi) is 6.86. The van der Waals surface area contributed by atoms with Gasteiger partial charge >= 0.3 is 0 Å². The van der Waals surface area contributed by atoms with Gasteiger partial charge in [-0.25, -0.2) is 0 Å². The van der Waals surface area contributed by atoms with E-state index < -0.39 is 17.1 Å². The second kappa shape index (κ2) is 9.63. The lowest BCUT2D eigenvalue weighted by molar-refractivity contribution is -0.0232. The minimum atomic E-state index is -1.18. The monoisotopic (exact) mass is 506 g/mol. The van der Waals surface area contributed by atoms with Crippen LogP contribution in [-0.2, 0) is 19.3 Å². The Bertz CT molecular complexity index is 1490. The van der Waals surface area contributed by atoms with E-state index in [1.54, 1.807) is 13.8 Å². The summed E-state index contributed by atoms with van der Waals surface area (Å²) in [5.74, 6) is -0.0269. The van der Waals surface area contributed by atoms with E-state index in [1.807, 2.05) is 39.8 Å². The van der Waals surface area contributed by atoms with Crippen LogP contribution in [0.15, 0.2) is 50.7 Å². The number of rotatable bonds is 6. The summed E-state index contributed by atoms with van der Waals surface area (Å²) in [7, 11) is 0. The van der Waals surface area contributed by atoms with Gasteiger partial charge in [0.25, 0.3) is 0 Å². The predicted molar refractivity (Wildman–Crippen MR) is 144 cm³/mol. The van der Waals surface area contributed by atoms with E-state index in [1.165, 1.54) is 18.2 Å². The van der Waals surface area contributed by atoms with Crippen LogP contribution in [0.1, 0.15) is 58.2 Å². The first-order chi connectivity index (χ1) is 17.3. The highest BCUT2D eigenvalue weighted by Crippen LogP contribution is 2.47. The molecule has 7 nitrogen and oxygen atoms in total. The minimum Gasteiger partial charge on any atom is -0.508 e. The lowest BCUT2D eigenvalue weighted by atomic mass is 9.92. The zero-order valence-corrected chi connectivity index (χ0v) is 22.1. The van der Waals surface area contributed by atoms with E-state index >= 15 is 0 Å². The Morgan fingerprint density at radius 2 is 1.65 bits per heavy atom. The number of aliphatic hydroxyl groups is 1. The first kappa shape index (κ1) is 26.4. The number of benzene rings is 2. The van der Waals surface area contributed by atoms with Gasteiger partial charge in [-0.2, -0.15) is 0 Å². The van der Waals surface area contributed by atoms with Gasteiger partial charge in [-0.1, -0.05) is 23.3 Å². The van der Waals surface area contributed by atoms with E-state index in [0.29, 0.717) is 23.3 Å². The van der Waals surface area contributed by atoms with E-state index in [-0.39, 0.29) is 57.9 Å². The van der Waals surface area contributed by atoms with Crippen molar-refractivity contribution >= 4 is 11.0 Å². The zero-order chi connectivity index (χ0) is 27.2. The van der Waals surface area contributed by atoms with Gasteiger partial charge in [0.05, 0.1) is 11.2 Å². The Morgan fingerprint density at radius 1 is 1.03 bits per heavy atom. The maximum Gasteiger partial charge on any atom is 0.200 e. The van der Waals surface area contributed by atoms with Crippen molar-refractivity contribution in [1.82, 2.24) is 0 Å². The molecule has 37 heavy (non-hydrogen) atoms. The predicted octanol–water partition coefficient (Wildman–Crippen LogP) is 5.67. The topological polar surface area (TPSA) is 120 Å². The van der Waals surface area contributed by atoms with Crippen molar-refractivity contribution in [2.45, 2.75) is 72.5 Å². The Hall–Kier alpha value is -3.71. The van der Waals surface area contributed by atoms with Crippen LogP contribution < -0.4 is 10.2 Å². The number of hydrogen-bond donors (Lipinski definition) is 4. The molecule has 1 aliphatic heterocycles. The van der Waals surface area contributed by atoms with Gasteiger partial charge in [-0.3, -0.25) is 4.79 Å². The van der Waals surface area contributed by atoms with Gasteiger partial charge in [0.2, 0.25) is 5.43 Å². The van der Waals surface area contributed by atoms with Crippen molar-refractivity contribution in [3.8, 4) is 34.3 Å². The summed E-state index contributed by atoms with van der Waals surface area (Å²) in [5.41, 5.74) is 2.19. The molecule has 0 saturated carbocycles. The molecule has 4 rings (SSSR count). The molecule has 4 N–H and O–H groups in total. The smallest absolute Gasteiger partial charge is 0.200 e. The van der Waals surface area contributed by atoms with Crippen molar-refractivity contribution in [1.29, 1.82) is 0 Å². The highest BCUT2D eigenvalue weighted by molar-refractivity contribution is 5.93. The number of aromatic hydroxyl groups is 3. The number of ether oxygens (including phenoxy) is 1. The second-order valence-electron chi connectivity index (χ2n) is 10.7. The Morgan fingerprint density at radius 3 is 2.22 bits per heavy atom. The summed E-state index contributed by atoms with van der Waals surface area (Å²) in [4.78, 5) is 14.0. The molecule has 7 heteroatoms. The summed E-state index contributed by atoms with van der Waals surface area (Å²) in [6.45, 7) is 11.0. The summed E-state index contributed by atoms with van der Waals surface area (Å²) in [5, 5.41) is 42.5. The quantitative estimate of drug-likeness (QED) is 0.318. The maximum atomic E-state index is 14.0. The second-order valence-corrected chi connectivity index (χ2v) is 10.7. The summed E-state index contributed by atoms with van der Waals surface area (Å²) in [6, 6.07) is 4.08. The van der Waals surface area contributed by atoms with Crippen LogP contribution in [0.4, 0.5) is 0 Å². The third-order valence-corrected chi connectivity index (χ3v) is 6.64. The highest BCUT2D eigenvalue weighted by Gasteiger charge is 2.39. The lowest BCUT2D eigenvalue weighted by Gasteiger charge is -2.25. The average molecular weight is 507 g/mol. The third kappa shape index (κ3) is 4.96. The molecule has 1 aliphatic rings. The van der Waals surface area contributed by atoms with Crippen molar-refractivity contribution in [3.05, 3.63) is 68.4 Å². The normalized spacial score (nSPS) is 14.8. The van der Waals surface area contributed by atoms with Crippen molar-refractivity contribution in [3.63, 3.8) is 0 Å². The molecule has 1 aromatic heterocycles.